The number of non-ortho nitro benzene ring substituents is 1. The number of ether oxygens (including phenoxy) is 1. The third kappa shape index (κ3) is 4.87. The predicted octanol–water partition coefficient (Wildman–Crippen LogP) is 3.02. The normalized spacial score (nSPS) is 12.7. The van der Waals surface area contributed by atoms with Gasteiger partial charge in [-0.15, -0.1) is 0 Å². The molecule has 1 amide bonds. The van der Waals surface area contributed by atoms with Gasteiger partial charge in [0.2, 0.25) is 0 Å². The third-order valence-corrected chi connectivity index (χ3v) is 3.58. The van der Waals surface area contributed by atoms with E-state index in [0.717, 1.165) is 0 Å². The van der Waals surface area contributed by atoms with Gasteiger partial charge in [-0.3, -0.25) is 14.9 Å². The molecule has 2 atom stereocenters. The third-order valence-electron chi connectivity index (χ3n) is 3.58. The molecule has 2 aromatic carbocycles. The zero-order valence-corrected chi connectivity index (χ0v) is 13.8. The summed E-state index contributed by atoms with van der Waals surface area (Å²) in [5.41, 5.74) is 0.865. The maximum Gasteiger partial charge on any atom is 0.328 e. The van der Waals surface area contributed by atoms with Crippen molar-refractivity contribution < 1.29 is 19.2 Å². The van der Waals surface area contributed by atoms with Gasteiger partial charge in [0.25, 0.3) is 11.6 Å². The molecule has 0 aliphatic rings. The number of amides is 1. The van der Waals surface area contributed by atoms with Gasteiger partial charge in [-0.25, -0.2) is 4.79 Å². The summed E-state index contributed by atoms with van der Waals surface area (Å²) in [7, 11) is 0. The molecule has 0 aliphatic carbocycles. The van der Waals surface area contributed by atoms with Gasteiger partial charge in [0.15, 0.2) is 0 Å². The van der Waals surface area contributed by atoms with E-state index >= 15 is 0 Å². The van der Waals surface area contributed by atoms with E-state index in [1.54, 1.807) is 43.3 Å². The number of nitro groups is 1. The first-order valence-corrected chi connectivity index (χ1v) is 7.69. The number of nitro benzene ring substituents is 1. The van der Waals surface area contributed by atoms with Crippen molar-refractivity contribution in [1.29, 1.82) is 0 Å². The van der Waals surface area contributed by atoms with E-state index in [-0.39, 0.29) is 11.6 Å². The van der Waals surface area contributed by atoms with Crippen LogP contribution in [-0.2, 0) is 9.53 Å². The fourth-order valence-electron chi connectivity index (χ4n) is 2.16. The van der Waals surface area contributed by atoms with Crippen LogP contribution in [0.4, 0.5) is 5.69 Å². The highest BCUT2D eigenvalue weighted by Crippen LogP contribution is 2.22. The van der Waals surface area contributed by atoms with Crippen molar-refractivity contribution in [2.45, 2.75) is 26.0 Å². The highest BCUT2D eigenvalue weighted by Gasteiger charge is 2.21. The monoisotopic (exact) mass is 342 g/mol. The fourth-order valence-corrected chi connectivity index (χ4v) is 2.16. The average molecular weight is 342 g/mol. The molecule has 0 fully saturated rings. The zero-order chi connectivity index (χ0) is 18.4. The largest absolute Gasteiger partial charge is 0.456 e. The summed E-state index contributed by atoms with van der Waals surface area (Å²) < 4.78 is 5.29. The maximum absolute atomic E-state index is 12.1. The number of rotatable bonds is 6. The van der Waals surface area contributed by atoms with Gasteiger partial charge >= 0.3 is 5.97 Å². The summed E-state index contributed by atoms with van der Waals surface area (Å²) in [6.45, 7) is 3.13. The molecule has 0 saturated carbocycles. The molecule has 0 bridgehead atoms. The Labute approximate surface area is 144 Å². The first-order chi connectivity index (χ1) is 11.9. The molecule has 7 heteroatoms. The maximum atomic E-state index is 12.1. The second-order valence-electron chi connectivity index (χ2n) is 5.49. The van der Waals surface area contributed by atoms with Crippen LogP contribution in [0.5, 0.6) is 0 Å². The quantitative estimate of drug-likeness (QED) is 0.494. The molecule has 0 spiro atoms. The average Bonchev–Trinajstić information content (AvgIpc) is 2.62. The molecule has 25 heavy (non-hydrogen) atoms. The van der Waals surface area contributed by atoms with Crippen LogP contribution in [0.15, 0.2) is 54.6 Å². The first-order valence-electron chi connectivity index (χ1n) is 7.69. The molecule has 0 aliphatic heterocycles. The summed E-state index contributed by atoms with van der Waals surface area (Å²) in [4.78, 5) is 34.5. The summed E-state index contributed by atoms with van der Waals surface area (Å²) >= 11 is 0. The highest BCUT2D eigenvalue weighted by molar-refractivity contribution is 5.96. The summed E-state index contributed by atoms with van der Waals surface area (Å²) in [5, 5.41) is 13.4. The lowest BCUT2D eigenvalue weighted by atomic mass is 10.1. The number of nitrogens with zero attached hydrogens (tertiary/aromatic N) is 1. The molecular formula is C18H18N2O5. The van der Waals surface area contributed by atoms with Crippen LogP contribution < -0.4 is 5.32 Å². The van der Waals surface area contributed by atoms with Crippen LogP contribution >= 0.6 is 0 Å². The SMILES string of the molecule is C[C@H](NC(=O)c1ccccc1)C(=O)O[C@@H](C)c1cccc([N+](=O)[O-])c1. The molecular weight excluding hydrogens is 324 g/mol. The van der Waals surface area contributed by atoms with Crippen molar-refractivity contribution in [2.24, 2.45) is 0 Å². The molecule has 0 unspecified atom stereocenters. The van der Waals surface area contributed by atoms with E-state index in [4.69, 9.17) is 4.74 Å². The van der Waals surface area contributed by atoms with Crippen molar-refractivity contribution in [2.75, 3.05) is 0 Å². The molecule has 2 rings (SSSR count). The van der Waals surface area contributed by atoms with Crippen LogP contribution in [-0.4, -0.2) is 22.8 Å². The summed E-state index contributed by atoms with van der Waals surface area (Å²) in [6, 6.07) is 13.5. The van der Waals surface area contributed by atoms with Gasteiger partial charge in [0, 0.05) is 17.7 Å². The van der Waals surface area contributed by atoms with Crippen molar-refractivity contribution in [1.82, 2.24) is 5.32 Å². The molecule has 0 heterocycles. The zero-order valence-electron chi connectivity index (χ0n) is 13.8. The molecule has 0 aromatic heterocycles. The Kier molecular flexibility index (Phi) is 5.84. The van der Waals surface area contributed by atoms with E-state index in [0.29, 0.717) is 11.1 Å². The number of carbonyl (C=O) groups excluding carboxylic acids is 2. The van der Waals surface area contributed by atoms with Crippen LogP contribution in [0.25, 0.3) is 0 Å². The standard InChI is InChI=1S/C18H18N2O5/c1-12(19-17(21)14-7-4-3-5-8-14)18(22)25-13(2)15-9-6-10-16(11-15)20(23)24/h3-13H,1-2H3,(H,19,21)/t12-,13-/m0/s1. The summed E-state index contributed by atoms with van der Waals surface area (Å²) in [5.74, 6) is -1.00. The van der Waals surface area contributed by atoms with Gasteiger partial charge in [-0.1, -0.05) is 30.3 Å². The number of hydrogen-bond acceptors (Lipinski definition) is 5. The number of carbonyl (C=O) groups is 2. The van der Waals surface area contributed by atoms with Crippen molar-refractivity contribution in [3.05, 3.63) is 75.8 Å². The molecule has 1 N–H and O–H groups in total. The lowest BCUT2D eigenvalue weighted by Crippen LogP contribution is -2.39. The molecule has 7 nitrogen and oxygen atoms in total. The van der Waals surface area contributed by atoms with Gasteiger partial charge in [-0.05, 0) is 31.5 Å². The molecule has 2 aromatic rings. The van der Waals surface area contributed by atoms with E-state index in [1.165, 1.54) is 25.1 Å². The Hall–Kier alpha value is -3.22. The topological polar surface area (TPSA) is 98.5 Å². The minimum absolute atomic E-state index is 0.0779. The van der Waals surface area contributed by atoms with Crippen molar-refractivity contribution in [3.8, 4) is 0 Å². The van der Waals surface area contributed by atoms with Gasteiger partial charge < -0.3 is 10.1 Å². The number of nitrogens with one attached hydrogen (secondary N) is 1. The van der Waals surface area contributed by atoms with Gasteiger partial charge in [0.05, 0.1) is 4.92 Å². The van der Waals surface area contributed by atoms with Gasteiger partial charge in [0.1, 0.15) is 12.1 Å². The Bertz CT molecular complexity index is 776. The molecule has 0 saturated heterocycles. The molecule has 130 valence electrons. The second-order valence-corrected chi connectivity index (χ2v) is 5.49. The van der Waals surface area contributed by atoms with Crippen LogP contribution in [0, 0.1) is 10.1 Å². The number of esters is 1. The summed E-state index contributed by atoms with van der Waals surface area (Å²) in [6.07, 6.45) is -0.677. The minimum Gasteiger partial charge on any atom is -0.456 e. The first kappa shape index (κ1) is 18.1. The van der Waals surface area contributed by atoms with Crippen LogP contribution in [0.3, 0.4) is 0 Å². The van der Waals surface area contributed by atoms with Crippen molar-refractivity contribution >= 4 is 17.6 Å². The Morgan fingerprint density at radius 3 is 2.40 bits per heavy atom. The Morgan fingerprint density at radius 1 is 1.08 bits per heavy atom. The Balaban J connectivity index is 1.97. The Morgan fingerprint density at radius 2 is 1.76 bits per heavy atom. The van der Waals surface area contributed by atoms with E-state index in [1.807, 2.05) is 0 Å². The second kappa shape index (κ2) is 8.05. The van der Waals surface area contributed by atoms with Crippen LogP contribution in [0.1, 0.15) is 35.9 Å². The highest BCUT2D eigenvalue weighted by atomic mass is 16.6. The molecule has 0 radical (unpaired) electrons. The number of hydrogen-bond donors (Lipinski definition) is 1. The van der Waals surface area contributed by atoms with E-state index < -0.39 is 23.0 Å². The van der Waals surface area contributed by atoms with Crippen LogP contribution in [0.2, 0.25) is 0 Å². The van der Waals surface area contributed by atoms with Gasteiger partial charge in [-0.2, -0.15) is 0 Å². The predicted molar refractivity (Wildman–Crippen MR) is 91.0 cm³/mol. The number of benzene rings is 2. The smallest absolute Gasteiger partial charge is 0.328 e. The van der Waals surface area contributed by atoms with Crippen molar-refractivity contribution in [3.63, 3.8) is 0 Å². The lowest BCUT2D eigenvalue weighted by molar-refractivity contribution is -0.385. The lowest BCUT2D eigenvalue weighted by Gasteiger charge is -2.18. The fraction of sp³-hybridized carbons (Fsp3) is 0.222. The van der Waals surface area contributed by atoms with E-state index in [9.17, 15) is 19.7 Å². The van der Waals surface area contributed by atoms with E-state index in [2.05, 4.69) is 5.32 Å². The minimum atomic E-state index is -0.853.